The highest BCUT2D eigenvalue weighted by Crippen LogP contribution is 2.27. The van der Waals surface area contributed by atoms with Gasteiger partial charge in [-0.3, -0.25) is 0 Å². The Labute approximate surface area is 136 Å². The van der Waals surface area contributed by atoms with Crippen LogP contribution in [0.15, 0.2) is 65.6 Å². The van der Waals surface area contributed by atoms with E-state index in [0.29, 0.717) is 11.3 Å². The first kappa shape index (κ1) is 16.3. The normalized spacial score (nSPS) is 11.5. The summed E-state index contributed by atoms with van der Waals surface area (Å²) in [5, 5.41) is 8.62. The molecule has 2 aromatic rings. The molecule has 1 N–H and O–H groups in total. The number of hydrogen-bond acceptors (Lipinski definition) is 3. The van der Waals surface area contributed by atoms with E-state index in [0.717, 1.165) is 9.41 Å². The van der Waals surface area contributed by atoms with Gasteiger partial charge >= 0.3 is 5.97 Å². The number of carbonyl (C=O) groups is 1. The van der Waals surface area contributed by atoms with Crippen molar-refractivity contribution in [2.75, 3.05) is 3.33 Å². The highest BCUT2D eigenvalue weighted by Gasteiger charge is 2.22. The van der Waals surface area contributed by atoms with Crippen molar-refractivity contribution in [3.05, 3.63) is 66.2 Å². The molecule has 2 aromatic carbocycles. The molecule has 7 heteroatoms. The summed E-state index contributed by atoms with van der Waals surface area (Å²) in [6.07, 6.45) is 2.29. The maximum absolute atomic E-state index is 12.6. The average molecular weight is 382 g/mol. The van der Waals surface area contributed by atoms with Crippen LogP contribution in [0.5, 0.6) is 0 Å². The Morgan fingerprint density at radius 1 is 1.09 bits per heavy atom. The van der Waals surface area contributed by atoms with Crippen LogP contribution in [0.25, 0.3) is 6.08 Å². The molecule has 0 saturated carbocycles. The lowest BCUT2D eigenvalue weighted by Gasteiger charge is -2.16. The molecule has 0 atom stereocenters. The van der Waals surface area contributed by atoms with Gasteiger partial charge in [-0.05, 0) is 35.9 Å². The van der Waals surface area contributed by atoms with Gasteiger partial charge in [-0.25, -0.2) is 13.2 Å². The van der Waals surface area contributed by atoms with Gasteiger partial charge in [0.2, 0.25) is 0 Å². The minimum atomic E-state index is -3.78. The highest BCUT2D eigenvalue weighted by atomic mass is 79.9. The van der Waals surface area contributed by atoms with Crippen LogP contribution in [0, 0.1) is 0 Å². The average Bonchev–Trinajstić information content (AvgIpc) is 2.53. The molecule has 0 unspecified atom stereocenters. The van der Waals surface area contributed by atoms with Gasteiger partial charge in [0.1, 0.15) is 0 Å². The number of para-hydroxylation sites is 1. The third-order valence-electron chi connectivity index (χ3n) is 2.74. The molecular weight excluding hydrogens is 370 g/mol. The van der Waals surface area contributed by atoms with E-state index in [4.69, 9.17) is 5.11 Å². The zero-order valence-electron chi connectivity index (χ0n) is 11.3. The second kappa shape index (κ2) is 6.76. The molecule has 2 rings (SSSR count). The minimum Gasteiger partial charge on any atom is -0.478 e. The first-order valence-corrected chi connectivity index (χ1v) is 8.33. The topological polar surface area (TPSA) is 74.7 Å². The Morgan fingerprint density at radius 2 is 1.77 bits per heavy atom. The van der Waals surface area contributed by atoms with E-state index in [1.165, 1.54) is 18.2 Å². The Balaban J connectivity index is 2.38. The van der Waals surface area contributed by atoms with Crippen LogP contribution in [0.4, 0.5) is 5.69 Å². The summed E-state index contributed by atoms with van der Waals surface area (Å²) in [7, 11) is -3.78. The largest absolute Gasteiger partial charge is 0.478 e. The molecule has 0 aliphatic heterocycles. The fourth-order valence-electron chi connectivity index (χ4n) is 1.72. The summed E-state index contributed by atoms with van der Waals surface area (Å²) in [6, 6.07) is 14.6. The lowest BCUT2D eigenvalue weighted by atomic mass is 10.2. The standard InChI is InChI=1S/C15H12BrNO4S/c16-17(13-6-2-1-3-7-13)22(20,21)14-8-4-5-12(11-14)9-10-15(18)19/h1-11H,(H,18,19). The van der Waals surface area contributed by atoms with Crippen LogP contribution in [0.1, 0.15) is 5.56 Å². The Hall–Kier alpha value is -2.12. The van der Waals surface area contributed by atoms with Crippen molar-refractivity contribution >= 4 is 43.9 Å². The first-order chi connectivity index (χ1) is 10.4. The maximum Gasteiger partial charge on any atom is 0.328 e. The van der Waals surface area contributed by atoms with Crippen molar-refractivity contribution in [2.24, 2.45) is 0 Å². The van der Waals surface area contributed by atoms with Crippen molar-refractivity contribution in [3.63, 3.8) is 0 Å². The summed E-state index contributed by atoms with van der Waals surface area (Å²) in [5.41, 5.74) is 0.950. The van der Waals surface area contributed by atoms with Crippen molar-refractivity contribution in [1.29, 1.82) is 0 Å². The number of nitrogens with zero attached hydrogens (tertiary/aromatic N) is 1. The number of halogens is 1. The van der Waals surface area contributed by atoms with Gasteiger partial charge in [0.15, 0.2) is 0 Å². The van der Waals surface area contributed by atoms with Gasteiger partial charge in [-0.2, -0.15) is 3.33 Å². The molecule has 0 aliphatic carbocycles. The fraction of sp³-hybridized carbons (Fsp3) is 0. The highest BCUT2D eigenvalue weighted by molar-refractivity contribution is 9.11. The van der Waals surface area contributed by atoms with E-state index in [9.17, 15) is 13.2 Å². The van der Waals surface area contributed by atoms with Gasteiger partial charge in [0.25, 0.3) is 10.0 Å². The summed E-state index contributed by atoms with van der Waals surface area (Å²) < 4.78 is 26.1. The number of carboxylic acid groups (broad SMARTS) is 1. The second-order valence-electron chi connectivity index (χ2n) is 4.30. The predicted octanol–water partition coefficient (Wildman–Crippen LogP) is 3.29. The number of benzene rings is 2. The smallest absolute Gasteiger partial charge is 0.328 e. The minimum absolute atomic E-state index is 0.0563. The maximum atomic E-state index is 12.6. The van der Waals surface area contributed by atoms with Crippen LogP contribution < -0.4 is 3.33 Å². The third kappa shape index (κ3) is 3.75. The monoisotopic (exact) mass is 381 g/mol. The van der Waals surface area contributed by atoms with Crippen molar-refractivity contribution in [3.8, 4) is 0 Å². The SMILES string of the molecule is O=C(O)C=Cc1cccc(S(=O)(=O)N(Br)c2ccccc2)c1. The predicted molar refractivity (Wildman–Crippen MR) is 88.1 cm³/mol. The van der Waals surface area contributed by atoms with E-state index < -0.39 is 16.0 Å². The van der Waals surface area contributed by atoms with Gasteiger partial charge in [0.05, 0.1) is 26.7 Å². The Kier molecular flexibility index (Phi) is 4.99. The van der Waals surface area contributed by atoms with E-state index in [2.05, 4.69) is 16.1 Å². The van der Waals surface area contributed by atoms with Crippen molar-refractivity contribution in [2.45, 2.75) is 4.90 Å². The van der Waals surface area contributed by atoms with Gasteiger partial charge in [-0.1, -0.05) is 30.3 Å². The quantitative estimate of drug-likeness (QED) is 0.636. The molecule has 5 nitrogen and oxygen atoms in total. The van der Waals surface area contributed by atoms with E-state index in [-0.39, 0.29) is 4.90 Å². The van der Waals surface area contributed by atoms with E-state index >= 15 is 0 Å². The molecule has 0 bridgehead atoms. The molecule has 0 saturated heterocycles. The van der Waals surface area contributed by atoms with Crippen LogP contribution in [-0.4, -0.2) is 19.5 Å². The summed E-state index contributed by atoms with van der Waals surface area (Å²) in [5.74, 6) is -1.10. The van der Waals surface area contributed by atoms with Crippen molar-refractivity contribution < 1.29 is 18.3 Å². The van der Waals surface area contributed by atoms with Crippen LogP contribution in [-0.2, 0) is 14.8 Å². The zero-order chi connectivity index (χ0) is 16.2. The summed E-state index contributed by atoms with van der Waals surface area (Å²) >= 11 is 3.06. The third-order valence-corrected chi connectivity index (χ3v) is 5.78. The molecule has 0 amide bonds. The molecule has 0 spiro atoms. The van der Waals surface area contributed by atoms with E-state index in [1.54, 1.807) is 42.5 Å². The first-order valence-electron chi connectivity index (χ1n) is 6.18. The van der Waals surface area contributed by atoms with Gasteiger partial charge in [0, 0.05) is 6.08 Å². The van der Waals surface area contributed by atoms with Crippen molar-refractivity contribution in [1.82, 2.24) is 0 Å². The lowest BCUT2D eigenvalue weighted by Crippen LogP contribution is -2.20. The number of anilines is 1. The molecule has 0 heterocycles. The Bertz CT molecular complexity index is 803. The van der Waals surface area contributed by atoms with Crippen LogP contribution >= 0.6 is 16.1 Å². The second-order valence-corrected chi connectivity index (χ2v) is 7.26. The molecule has 114 valence electrons. The fourth-order valence-corrected chi connectivity index (χ4v) is 3.58. The number of hydrogen-bond donors (Lipinski definition) is 1. The number of aliphatic carboxylic acids is 1. The number of rotatable bonds is 5. The molecule has 0 aliphatic rings. The molecule has 0 aromatic heterocycles. The number of sulfonamides is 1. The number of carboxylic acids is 1. The lowest BCUT2D eigenvalue weighted by molar-refractivity contribution is -0.131. The van der Waals surface area contributed by atoms with E-state index in [1.807, 2.05) is 0 Å². The molecular formula is C15H12BrNO4S. The van der Waals surface area contributed by atoms with Crippen LogP contribution in [0.2, 0.25) is 0 Å². The molecule has 0 radical (unpaired) electrons. The molecule has 22 heavy (non-hydrogen) atoms. The molecule has 0 fully saturated rings. The zero-order valence-corrected chi connectivity index (χ0v) is 13.7. The summed E-state index contributed by atoms with van der Waals surface area (Å²) in [6.45, 7) is 0. The van der Waals surface area contributed by atoms with Gasteiger partial charge in [-0.15, -0.1) is 0 Å². The van der Waals surface area contributed by atoms with Crippen LogP contribution in [0.3, 0.4) is 0 Å². The summed E-state index contributed by atoms with van der Waals surface area (Å²) in [4.78, 5) is 10.6. The Morgan fingerprint density at radius 3 is 2.41 bits per heavy atom. The van der Waals surface area contributed by atoms with Gasteiger partial charge < -0.3 is 5.11 Å².